The highest BCUT2D eigenvalue weighted by Crippen LogP contribution is 2.36. The van der Waals surface area contributed by atoms with Gasteiger partial charge in [-0.1, -0.05) is 17.7 Å². The molecule has 5 nitrogen and oxygen atoms in total. The Morgan fingerprint density at radius 3 is 3.04 bits per heavy atom. The van der Waals surface area contributed by atoms with Crippen LogP contribution in [0, 0.1) is 6.92 Å². The molecule has 1 aliphatic heterocycles. The Kier molecular flexibility index (Phi) is 4.01. The summed E-state index contributed by atoms with van der Waals surface area (Å²) < 4.78 is 5.66. The average molecular weight is 354 g/mol. The van der Waals surface area contributed by atoms with Crippen LogP contribution in [0.1, 0.15) is 27.0 Å². The summed E-state index contributed by atoms with van der Waals surface area (Å²) in [6.45, 7) is 2.85. The van der Waals surface area contributed by atoms with Crippen molar-refractivity contribution in [2.45, 2.75) is 13.3 Å². The second kappa shape index (κ2) is 6.33. The Balaban J connectivity index is 1.77. The molecule has 0 saturated heterocycles. The standard InChI is InChI=1S/C19H16ClN3O2/c1-11-14(9-12-2-3-16-13(8-12)4-5-22-23-16)10-15-18(17(11)20)25-7-6-21-19(15)24/h2-5,8,10H,6-7,9H2,1H3,(H,21,24). The lowest BCUT2D eigenvalue weighted by Crippen LogP contribution is -2.24. The highest BCUT2D eigenvalue weighted by atomic mass is 35.5. The summed E-state index contributed by atoms with van der Waals surface area (Å²) in [7, 11) is 0. The highest BCUT2D eigenvalue weighted by Gasteiger charge is 2.22. The normalized spacial score (nSPS) is 13.8. The number of halogens is 1. The second-order valence-electron chi connectivity index (χ2n) is 6.06. The maximum atomic E-state index is 12.3. The number of carbonyl (C=O) groups excluding carboxylic acids is 1. The molecule has 0 spiro atoms. The average Bonchev–Trinajstić information content (AvgIpc) is 2.81. The van der Waals surface area contributed by atoms with Crippen molar-refractivity contribution in [2.75, 3.05) is 13.2 Å². The van der Waals surface area contributed by atoms with Crippen LogP contribution in [0.5, 0.6) is 5.75 Å². The van der Waals surface area contributed by atoms with E-state index in [4.69, 9.17) is 16.3 Å². The zero-order valence-electron chi connectivity index (χ0n) is 13.7. The highest BCUT2D eigenvalue weighted by molar-refractivity contribution is 6.33. The lowest BCUT2D eigenvalue weighted by atomic mass is 9.96. The number of nitrogens with zero attached hydrogens (tertiary/aromatic N) is 2. The van der Waals surface area contributed by atoms with E-state index in [9.17, 15) is 4.79 Å². The van der Waals surface area contributed by atoms with Crippen LogP contribution in [0.4, 0.5) is 0 Å². The number of hydrogen-bond donors (Lipinski definition) is 1. The molecule has 3 aromatic rings. The van der Waals surface area contributed by atoms with Gasteiger partial charge in [-0.05, 0) is 54.3 Å². The molecule has 0 unspecified atom stereocenters. The van der Waals surface area contributed by atoms with Crippen LogP contribution < -0.4 is 10.1 Å². The van der Waals surface area contributed by atoms with Gasteiger partial charge >= 0.3 is 0 Å². The number of carbonyl (C=O) groups is 1. The first-order valence-corrected chi connectivity index (χ1v) is 8.44. The molecule has 0 aliphatic carbocycles. The monoisotopic (exact) mass is 353 g/mol. The van der Waals surface area contributed by atoms with E-state index < -0.39 is 0 Å². The van der Waals surface area contributed by atoms with Gasteiger partial charge in [0.05, 0.1) is 28.8 Å². The quantitative estimate of drug-likeness (QED) is 0.767. The molecule has 1 amide bonds. The lowest BCUT2D eigenvalue weighted by Gasteiger charge is -2.15. The van der Waals surface area contributed by atoms with Crippen molar-refractivity contribution in [1.29, 1.82) is 0 Å². The van der Waals surface area contributed by atoms with Gasteiger partial charge in [0, 0.05) is 5.39 Å². The largest absolute Gasteiger partial charge is 0.489 e. The molecule has 0 atom stereocenters. The number of aromatic nitrogens is 2. The molecule has 1 aromatic heterocycles. The molecule has 2 heterocycles. The van der Waals surface area contributed by atoms with E-state index in [0.29, 0.717) is 35.9 Å². The molecule has 126 valence electrons. The number of nitrogens with one attached hydrogen (secondary N) is 1. The fourth-order valence-electron chi connectivity index (χ4n) is 3.05. The third-order valence-electron chi connectivity index (χ3n) is 4.42. The van der Waals surface area contributed by atoms with Gasteiger partial charge in [0.2, 0.25) is 0 Å². The van der Waals surface area contributed by atoms with Gasteiger partial charge in [0.1, 0.15) is 6.61 Å². The van der Waals surface area contributed by atoms with E-state index >= 15 is 0 Å². The number of hydrogen-bond acceptors (Lipinski definition) is 4. The molecular weight excluding hydrogens is 338 g/mol. The molecule has 0 saturated carbocycles. The molecule has 1 aliphatic rings. The summed E-state index contributed by atoms with van der Waals surface area (Å²) in [5.41, 5.74) is 4.41. The molecule has 0 bridgehead atoms. The van der Waals surface area contributed by atoms with Gasteiger partial charge in [-0.15, -0.1) is 0 Å². The van der Waals surface area contributed by atoms with Crippen molar-refractivity contribution in [1.82, 2.24) is 15.5 Å². The van der Waals surface area contributed by atoms with Gasteiger partial charge in [-0.2, -0.15) is 10.2 Å². The van der Waals surface area contributed by atoms with Crippen LogP contribution in [-0.2, 0) is 6.42 Å². The summed E-state index contributed by atoms with van der Waals surface area (Å²) >= 11 is 6.49. The van der Waals surface area contributed by atoms with Crippen molar-refractivity contribution in [3.8, 4) is 5.75 Å². The van der Waals surface area contributed by atoms with Gasteiger partial charge in [-0.3, -0.25) is 4.79 Å². The third kappa shape index (κ3) is 2.91. The Morgan fingerprint density at radius 2 is 2.16 bits per heavy atom. The first-order valence-electron chi connectivity index (χ1n) is 8.07. The van der Waals surface area contributed by atoms with Crippen molar-refractivity contribution in [3.05, 3.63) is 63.8 Å². The molecule has 25 heavy (non-hydrogen) atoms. The molecule has 4 rings (SSSR count). The van der Waals surface area contributed by atoms with Crippen LogP contribution in [0.2, 0.25) is 5.02 Å². The Bertz CT molecular complexity index is 988. The predicted molar refractivity (Wildman–Crippen MR) is 96.4 cm³/mol. The summed E-state index contributed by atoms with van der Waals surface area (Å²) in [5.74, 6) is 0.330. The zero-order valence-corrected chi connectivity index (χ0v) is 14.4. The van der Waals surface area contributed by atoms with Gasteiger partial charge < -0.3 is 10.1 Å². The molecule has 6 heteroatoms. The lowest BCUT2D eigenvalue weighted by molar-refractivity contribution is 0.0957. The van der Waals surface area contributed by atoms with E-state index in [1.165, 1.54) is 0 Å². The topological polar surface area (TPSA) is 64.1 Å². The summed E-state index contributed by atoms with van der Waals surface area (Å²) in [6.07, 6.45) is 2.35. The number of amides is 1. The fraction of sp³-hybridized carbons (Fsp3) is 0.211. The predicted octanol–water partition coefficient (Wildman–Crippen LogP) is 3.30. The van der Waals surface area contributed by atoms with Crippen molar-refractivity contribution in [3.63, 3.8) is 0 Å². The number of benzene rings is 2. The molecule has 1 N–H and O–H groups in total. The Labute approximate surface area is 150 Å². The minimum atomic E-state index is -0.149. The molecule has 0 fully saturated rings. The van der Waals surface area contributed by atoms with Crippen LogP contribution in [0.25, 0.3) is 10.9 Å². The molecule has 0 radical (unpaired) electrons. The first kappa shape index (κ1) is 15.8. The number of ether oxygens (including phenoxy) is 1. The molecular formula is C19H16ClN3O2. The van der Waals surface area contributed by atoms with E-state index in [2.05, 4.69) is 21.6 Å². The molecule has 2 aromatic carbocycles. The smallest absolute Gasteiger partial charge is 0.255 e. The van der Waals surface area contributed by atoms with Crippen molar-refractivity contribution in [2.24, 2.45) is 0 Å². The third-order valence-corrected chi connectivity index (χ3v) is 4.88. The van der Waals surface area contributed by atoms with Crippen LogP contribution in [0.15, 0.2) is 36.5 Å². The summed E-state index contributed by atoms with van der Waals surface area (Å²) in [5, 5.41) is 12.4. The van der Waals surface area contributed by atoms with E-state index in [1.54, 1.807) is 6.20 Å². The summed E-state index contributed by atoms with van der Waals surface area (Å²) in [6, 6.07) is 9.87. The van der Waals surface area contributed by atoms with Gasteiger partial charge in [-0.25, -0.2) is 0 Å². The van der Waals surface area contributed by atoms with E-state index in [1.807, 2.05) is 31.2 Å². The maximum absolute atomic E-state index is 12.3. The minimum Gasteiger partial charge on any atom is -0.489 e. The Hall–Kier alpha value is -2.66. The minimum absolute atomic E-state index is 0.149. The first-order chi connectivity index (χ1) is 12.1. The fourth-order valence-corrected chi connectivity index (χ4v) is 3.33. The van der Waals surface area contributed by atoms with Crippen molar-refractivity contribution < 1.29 is 9.53 Å². The number of fused-ring (bicyclic) bond motifs is 2. The summed E-state index contributed by atoms with van der Waals surface area (Å²) in [4.78, 5) is 12.3. The maximum Gasteiger partial charge on any atom is 0.255 e. The van der Waals surface area contributed by atoms with E-state index in [-0.39, 0.29) is 5.91 Å². The second-order valence-corrected chi connectivity index (χ2v) is 6.43. The van der Waals surface area contributed by atoms with Crippen LogP contribution >= 0.6 is 11.6 Å². The van der Waals surface area contributed by atoms with Crippen molar-refractivity contribution >= 4 is 28.4 Å². The number of rotatable bonds is 2. The zero-order chi connectivity index (χ0) is 17.4. The van der Waals surface area contributed by atoms with E-state index in [0.717, 1.165) is 27.6 Å². The van der Waals surface area contributed by atoms with Gasteiger partial charge in [0.25, 0.3) is 5.91 Å². The SMILES string of the molecule is Cc1c(Cc2ccc3nnccc3c2)cc2c(c1Cl)OCCNC2=O. The van der Waals surface area contributed by atoms with Crippen LogP contribution in [0.3, 0.4) is 0 Å². The van der Waals surface area contributed by atoms with Gasteiger partial charge in [0.15, 0.2) is 5.75 Å². The van der Waals surface area contributed by atoms with Crippen LogP contribution in [-0.4, -0.2) is 29.3 Å². The Morgan fingerprint density at radius 1 is 1.28 bits per heavy atom.